The average molecular weight is 436 g/mol. The van der Waals surface area contributed by atoms with Crippen molar-refractivity contribution in [2.45, 2.75) is 45.3 Å². The molecule has 0 aliphatic carbocycles. The zero-order valence-corrected chi connectivity index (χ0v) is 18.6. The smallest absolute Gasteiger partial charge is 0.339 e. The van der Waals surface area contributed by atoms with Gasteiger partial charge in [0.05, 0.1) is 19.8 Å². The lowest BCUT2D eigenvalue weighted by Gasteiger charge is -2.32. The number of amides is 1. The number of likely N-dealkylation sites (tertiary alicyclic amines) is 1. The van der Waals surface area contributed by atoms with E-state index in [1.54, 1.807) is 13.2 Å². The molecule has 1 aliphatic heterocycles. The van der Waals surface area contributed by atoms with Crippen LogP contribution in [0.15, 0.2) is 57.7 Å². The Morgan fingerprint density at radius 3 is 2.59 bits per heavy atom. The Hall–Kier alpha value is -3.12. The number of aryl methyl sites for hydroxylation is 1. The van der Waals surface area contributed by atoms with Crippen molar-refractivity contribution in [3.05, 3.63) is 75.6 Å². The van der Waals surface area contributed by atoms with Gasteiger partial charge in [0, 0.05) is 36.5 Å². The van der Waals surface area contributed by atoms with Crippen molar-refractivity contribution in [1.82, 2.24) is 4.90 Å². The first-order valence-corrected chi connectivity index (χ1v) is 11.1. The van der Waals surface area contributed by atoms with Crippen LogP contribution in [-0.2, 0) is 22.6 Å². The normalized spacial score (nSPS) is 14.6. The van der Waals surface area contributed by atoms with Crippen LogP contribution in [0.2, 0.25) is 0 Å². The van der Waals surface area contributed by atoms with E-state index in [9.17, 15) is 9.59 Å². The average Bonchev–Trinajstić information content (AvgIpc) is 2.83. The van der Waals surface area contributed by atoms with Crippen LogP contribution in [0.5, 0.6) is 5.75 Å². The summed E-state index contributed by atoms with van der Waals surface area (Å²) in [6.45, 7) is 3.87. The molecule has 0 bridgehead atoms. The van der Waals surface area contributed by atoms with E-state index in [1.807, 2.05) is 42.2 Å². The Balaban J connectivity index is 1.31. The number of hydrogen-bond donors (Lipinski definition) is 0. The minimum atomic E-state index is -0.385. The van der Waals surface area contributed by atoms with Crippen molar-refractivity contribution in [2.75, 3.05) is 20.2 Å². The summed E-state index contributed by atoms with van der Waals surface area (Å²) in [6.07, 6.45) is 2.50. The summed E-state index contributed by atoms with van der Waals surface area (Å²) in [5, 5.41) is 0.865. The highest BCUT2D eigenvalue weighted by molar-refractivity contribution is 5.82. The molecule has 6 heteroatoms. The van der Waals surface area contributed by atoms with Gasteiger partial charge >= 0.3 is 5.63 Å². The van der Waals surface area contributed by atoms with Gasteiger partial charge in [-0.25, -0.2) is 4.79 Å². The first-order chi connectivity index (χ1) is 15.5. The Morgan fingerprint density at radius 2 is 1.88 bits per heavy atom. The van der Waals surface area contributed by atoms with E-state index in [0.717, 1.165) is 29.4 Å². The molecule has 2 heterocycles. The third-order valence-electron chi connectivity index (χ3n) is 6.21. The number of carbonyl (C=O) groups excluding carboxylic acids is 1. The fourth-order valence-electron chi connectivity index (χ4n) is 4.24. The molecule has 1 amide bonds. The van der Waals surface area contributed by atoms with Gasteiger partial charge in [-0.15, -0.1) is 0 Å². The van der Waals surface area contributed by atoms with Gasteiger partial charge in [0.15, 0.2) is 0 Å². The molecule has 1 aliphatic rings. The number of nitrogens with zero attached hydrogens (tertiary/aromatic N) is 1. The molecule has 0 N–H and O–H groups in total. The SMILES string of the molecule is COc1ccc2c(C)c(CCC(=O)N3CCC(OCc4ccccc4)CC3)c(=O)oc2c1. The Labute approximate surface area is 187 Å². The van der Waals surface area contributed by atoms with Crippen LogP contribution in [0.3, 0.4) is 0 Å². The molecule has 6 nitrogen and oxygen atoms in total. The molecule has 4 rings (SSSR count). The number of methoxy groups -OCH3 is 1. The van der Waals surface area contributed by atoms with Gasteiger partial charge in [-0.2, -0.15) is 0 Å². The summed E-state index contributed by atoms with van der Waals surface area (Å²) in [5.74, 6) is 0.708. The van der Waals surface area contributed by atoms with E-state index in [4.69, 9.17) is 13.9 Å². The minimum absolute atomic E-state index is 0.0696. The summed E-state index contributed by atoms with van der Waals surface area (Å²) in [5.41, 5.74) is 2.70. The molecule has 2 aromatic carbocycles. The van der Waals surface area contributed by atoms with E-state index < -0.39 is 0 Å². The van der Waals surface area contributed by atoms with Crippen LogP contribution in [0, 0.1) is 6.92 Å². The Morgan fingerprint density at radius 1 is 1.12 bits per heavy atom. The molecule has 0 unspecified atom stereocenters. The zero-order valence-electron chi connectivity index (χ0n) is 18.6. The van der Waals surface area contributed by atoms with Gasteiger partial charge in [0.25, 0.3) is 0 Å². The van der Waals surface area contributed by atoms with E-state index in [-0.39, 0.29) is 17.6 Å². The molecular weight excluding hydrogens is 406 g/mol. The molecule has 0 radical (unpaired) electrons. The Bertz CT molecular complexity index is 1130. The first-order valence-electron chi connectivity index (χ1n) is 11.1. The molecule has 1 aromatic heterocycles. The standard InChI is InChI=1S/C26H29NO5/c1-18-22-9-8-21(30-2)16-24(22)32-26(29)23(18)10-11-25(28)27-14-12-20(13-15-27)31-17-19-6-4-3-5-7-19/h3-9,16,20H,10-15,17H2,1-2H3. The van der Waals surface area contributed by atoms with Crippen LogP contribution in [0.25, 0.3) is 11.0 Å². The van der Waals surface area contributed by atoms with Crippen LogP contribution >= 0.6 is 0 Å². The third-order valence-corrected chi connectivity index (χ3v) is 6.21. The predicted octanol–water partition coefficient (Wildman–Crippen LogP) is 4.25. The fourth-order valence-corrected chi connectivity index (χ4v) is 4.24. The molecular formula is C26H29NO5. The Kier molecular flexibility index (Phi) is 6.90. The number of carbonyl (C=O) groups is 1. The lowest BCUT2D eigenvalue weighted by Crippen LogP contribution is -2.41. The van der Waals surface area contributed by atoms with Crippen molar-refractivity contribution < 1.29 is 18.7 Å². The van der Waals surface area contributed by atoms with E-state index in [1.165, 1.54) is 0 Å². The van der Waals surface area contributed by atoms with Crippen molar-refractivity contribution >= 4 is 16.9 Å². The molecule has 32 heavy (non-hydrogen) atoms. The van der Waals surface area contributed by atoms with Crippen molar-refractivity contribution in [1.29, 1.82) is 0 Å². The lowest BCUT2D eigenvalue weighted by molar-refractivity contribution is -0.134. The van der Waals surface area contributed by atoms with Gasteiger partial charge in [0.1, 0.15) is 11.3 Å². The summed E-state index contributed by atoms with van der Waals surface area (Å²) in [7, 11) is 1.57. The highest BCUT2D eigenvalue weighted by atomic mass is 16.5. The molecule has 1 saturated heterocycles. The minimum Gasteiger partial charge on any atom is -0.497 e. The third kappa shape index (κ3) is 5.02. The lowest BCUT2D eigenvalue weighted by atomic mass is 10.0. The highest BCUT2D eigenvalue weighted by Crippen LogP contribution is 2.25. The molecule has 168 valence electrons. The van der Waals surface area contributed by atoms with Crippen LogP contribution < -0.4 is 10.4 Å². The van der Waals surface area contributed by atoms with Crippen LogP contribution in [0.4, 0.5) is 0 Å². The second-order valence-electron chi connectivity index (χ2n) is 8.23. The number of fused-ring (bicyclic) bond motifs is 1. The van der Waals surface area contributed by atoms with Crippen LogP contribution in [-0.4, -0.2) is 37.1 Å². The predicted molar refractivity (Wildman–Crippen MR) is 123 cm³/mol. The second-order valence-corrected chi connectivity index (χ2v) is 8.23. The zero-order chi connectivity index (χ0) is 22.5. The van der Waals surface area contributed by atoms with Gasteiger partial charge in [-0.05, 0) is 49.4 Å². The molecule has 0 saturated carbocycles. The number of rotatable bonds is 7. The highest BCUT2D eigenvalue weighted by Gasteiger charge is 2.24. The number of hydrogen-bond acceptors (Lipinski definition) is 5. The van der Waals surface area contributed by atoms with Gasteiger partial charge < -0.3 is 18.8 Å². The molecule has 0 spiro atoms. The van der Waals surface area contributed by atoms with Gasteiger partial charge in [-0.3, -0.25) is 4.79 Å². The van der Waals surface area contributed by atoms with Crippen molar-refractivity contribution in [3.8, 4) is 5.75 Å². The number of benzene rings is 2. The maximum atomic E-state index is 12.8. The van der Waals surface area contributed by atoms with E-state index in [0.29, 0.717) is 49.4 Å². The van der Waals surface area contributed by atoms with E-state index in [2.05, 4.69) is 12.1 Å². The van der Waals surface area contributed by atoms with Gasteiger partial charge in [0.2, 0.25) is 5.91 Å². The van der Waals surface area contributed by atoms with Gasteiger partial charge in [-0.1, -0.05) is 30.3 Å². The largest absolute Gasteiger partial charge is 0.497 e. The topological polar surface area (TPSA) is 69.0 Å². The first kappa shape index (κ1) is 22.1. The maximum absolute atomic E-state index is 12.8. The number of piperidine rings is 1. The summed E-state index contributed by atoms with van der Waals surface area (Å²) in [4.78, 5) is 27.2. The summed E-state index contributed by atoms with van der Waals surface area (Å²) in [6, 6.07) is 15.6. The second kappa shape index (κ2) is 10.0. The maximum Gasteiger partial charge on any atom is 0.339 e. The van der Waals surface area contributed by atoms with E-state index >= 15 is 0 Å². The molecule has 0 atom stereocenters. The molecule has 1 fully saturated rings. The summed E-state index contributed by atoms with van der Waals surface area (Å²) < 4.78 is 16.7. The summed E-state index contributed by atoms with van der Waals surface area (Å²) >= 11 is 0. The monoisotopic (exact) mass is 435 g/mol. The van der Waals surface area contributed by atoms with Crippen LogP contribution in [0.1, 0.15) is 36.0 Å². The van der Waals surface area contributed by atoms with Crippen molar-refractivity contribution in [2.24, 2.45) is 0 Å². The fraction of sp³-hybridized carbons (Fsp3) is 0.385. The van der Waals surface area contributed by atoms with Crippen molar-refractivity contribution in [3.63, 3.8) is 0 Å². The number of ether oxygens (including phenoxy) is 2. The molecule has 3 aromatic rings. The quantitative estimate of drug-likeness (QED) is 0.519.